The number of aryl methyl sites for hydroxylation is 1. The molecule has 0 aliphatic rings. The Labute approximate surface area is 91.4 Å². The van der Waals surface area contributed by atoms with Crippen LogP contribution in [0.4, 0.5) is 0 Å². The van der Waals surface area contributed by atoms with Crippen molar-refractivity contribution in [3.63, 3.8) is 0 Å². The van der Waals surface area contributed by atoms with Gasteiger partial charge in [0, 0.05) is 10.9 Å². The molecule has 74 valence electrons. The Balaban J connectivity index is 3.07. The third-order valence-corrected chi connectivity index (χ3v) is 2.54. The molecule has 0 aliphatic heterocycles. The second-order valence-corrected chi connectivity index (χ2v) is 3.53. The predicted molar refractivity (Wildman–Crippen MR) is 60.6 cm³/mol. The molecule has 3 heteroatoms. The average molecular weight is 255 g/mol. The van der Waals surface area contributed by atoms with Crippen LogP contribution in [0.3, 0.4) is 0 Å². The molecule has 0 aliphatic carbocycles. The summed E-state index contributed by atoms with van der Waals surface area (Å²) < 4.78 is 0. The zero-order valence-corrected chi connectivity index (χ0v) is 9.41. The van der Waals surface area contributed by atoms with Gasteiger partial charge in [-0.25, -0.2) is 4.79 Å². The van der Waals surface area contributed by atoms with Gasteiger partial charge in [-0.3, -0.25) is 0 Å². The number of carboxylic acid groups (broad SMARTS) is 1. The number of rotatable bonds is 3. The molecule has 0 saturated carbocycles. The molecule has 14 heavy (non-hydrogen) atoms. The van der Waals surface area contributed by atoms with Crippen LogP contribution in [-0.4, -0.2) is 16.4 Å². The fourth-order valence-corrected chi connectivity index (χ4v) is 1.50. The van der Waals surface area contributed by atoms with E-state index in [1.165, 1.54) is 0 Å². The summed E-state index contributed by atoms with van der Waals surface area (Å²) in [6.45, 7) is 1.96. The van der Waals surface area contributed by atoms with Crippen molar-refractivity contribution in [2.24, 2.45) is 0 Å². The minimum atomic E-state index is -0.884. The van der Waals surface area contributed by atoms with Crippen molar-refractivity contribution in [3.05, 3.63) is 41.0 Å². The van der Waals surface area contributed by atoms with E-state index in [9.17, 15) is 4.79 Å². The van der Waals surface area contributed by atoms with Crippen molar-refractivity contribution >= 4 is 28.0 Å². The molecule has 0 atom stereocenters. The highest BCUT2D eigenvalue weighted by Gasteiger charge is 2.05. The van der Waals surface area contributed by atoms with Crippen LogP contribution >= 0.6 is 15.9 Å². The standard InChI is InChI=1S/C11H11BrO2/c1-8-4-2-3-5-9(8)6-10(7-12)11(13)14/h2-6H,7H2,1H3,(H,13,14)/b10-6+. The van der Waals surface area contributed by atoms with E-state index in [4.69, 9.17) is 5.11 Å². The van der Waals surface area contributed by atoms with Gasteiger partial charge in [0.15, 0.2) is 0 Å². The largest absolute Gasteiger partial charge is 0.478 e. The third-order valence-electron chi connectivity index (χ3n) is 1.94. The maximum Gasteiger partial charge on any atom is 0.332 e. The van der Waals surface area contributed by atoms with Gasteiger partial charge in [-0.15, -0.1) is 0 Å². The van der Waals surface area contributed by atoms with Crippen LogP contribution in [0.2, 0.25) is 0 Å². The molecule has 1 N–H and O–H groups in total. The first-order chi connectivity index (χ1) is 6.65. The molecule has 2 nitrogen and oxygen atoms in total. The first-order valence-electron chi connectivity index (χ1n) is 4.20. The molecule has 0 amide bonds. The molecule has 1 rings (SSSR count). The summed E-state index contributed by atoms with van der Waals surface area (Å²) in [4.78, 5) is 10.7. The van der Waals surface area contributed by atoms with Gasteiger partial charge in [-0.1, -0.05) is 40.2 Å². The van der Waals surface area contributed by atoms with Gasteiger partial charge in [0.1, 0.15) is 0 Å². The zero-order valence-electron chi connectivity index (χ0n) is 7.83. The Kier molecular flexibility index (Phi) is 3.89. The van der Waals surface area contributed by atoms with Crippen molar-refractivity contribution in [2.75, 3.05) is 5.33 Å². The van der Waals surface area contributed by atoms with Crippen LogP contribution in [0.5, 0.6) is 0 Å². The Morgan fingerprint density at radius 2 is 2.14 bits per heavy atom. The maximum absolute atomic E-state index is 10.7. The molecule has 0 radical (unpaired) electrons. The smallest absolute Gasteiger partial charge is 0.332 e. The van der Waals surface area contributed by atoms with Gasteiger partial charge in [0.25, 0.3) is 0 Å². The third kappa shape index (κ3) is 2.70. The number of halogens is 1. The minimum absolute atomic E-state index is 0.358. The summed E-state index contributed by atoms with van der Waals surface area (Å²) in [7, 11) is 0. The lowest BCUT2D eigenvalue weighted by Gasteiger charge is -2.01. The molecule has 0 spiro atoms. The van der Waals surface area contributed by atoms with Gasteiger partial charge in [-0.2, -0.15) is 0 Å². The lowest BCUT2D eigenvalue weighted by molar-refractivity contribution is -0.132. The van der Waals surface area contributed by atoms with Crippen molar-refractivity contribution in [1.29, 1.82) is 0 Å². The molecule has 0 unspecified atom stereocenters. The van der Waals surface area contributed by atoms with E-state index in [2.05, 4.69) is 15.9 Å². The predicted octanol–water partition coefficient (Wildman–Crippen LogP) is 2.86. The molecule has 0 bridgehead atoms. The molecular weight excluding hydrogens is 244 g/mol. The van der Waals surface area contributed by atoms with Crippen LogP contribution in [0.25, 0.3) is 6.08 Å². The van der Waals surface area contributed by atoms with E-state index in [0.717, 1.165) is 11.1 Å². The average Bonchev–Trinajstić information content (AvgIpc) is 2.16. The van der Waals surface area contributed by atoms with Gasteiger partial charge in [0.2, 0.25) is 0 Å². The second-order valence-electron chi connectivity index (χ2n) is 2.96. The van der Waals surface area contributed by atoms with Crippen LogP contribution < -0.4 is 0 Å². The summed E-state index contributed by atoms with van der Waals surface area (Å²) in [6, 6.07) is 7.69. The summed E-state index contributed by atoms with van der Waals surface area (Å²) in [5.74, 6) is -0.884. The number of carboxylic acids is 1. The number of carbonyl (C=O) groups is 1. The van der Waals surface area contributed by atoms with Crippen LogP contribution in [-0.2, 0) is 4.79 Å². The topological polar surface area (TPSA) is 37.3 Å². The van der Waals surface area contributed by atoms with Gasteiger partial charge in [-0.05, 0) is 24.1 Å². The zero-order chi connectivity index (χ0) is 10.6. The van der Waals surface area contributed by atoms with Crippen molar-refractivity contribution in [2.45, 2.75) is 6.92 Å². The fourth-order valence-electron chi connectivity index (χ4n) is 1.09. The first-order valence-corrected chi connectivity index (χ1v) is 5.32. The van der Waals surface area contributed by atoms with Gasteiger partial charge < -0.3 is 5.11 Å². The normalized spacial score (nSPS) is 11.4. The quantitative estimate of drug-likeness (QED) is 0.666. The SMILES string of the molecule is Cc1ccccc1/C=C(\CBr)C(=O)O. The number of aliphatic carboxylic acids is 1. The number of hydrogen-bond acceptors (Lipinski definition) is 1. The summed E-state index contributed by atoms with van der Waals surface area (Å²) in [6.07, 6.45) is 1.69. The molecule has 0 aromatic heterocycles. The first kappa shape index (κ1) is 11.0. The summed E-state index contributed by atoms with van der Waals surface area (Å²) in [5, 5.41) is 9.18. The highest BCUT2D eigenvalue weighted by molar-refractivity contribution is 9.09. The second kappa shape index (κ2) is 4.96. The van der Waals surface area contributed by atoms with Crippen LogP contribution in [0, 0.1) is 6.92 Å². The van der Waals surface area contributed by atoms with E-state index in [1.54, 1.807) is 6.08 Å². The Bertz CT molecular complexity index is 369. The van der Waals surface area contributed by atoms with E-state index in [1.807, 2.05) is 31.2 Å². The molecule has 0 heterocycles. The Morgan fingerprint density at radius 3 is 2.64 bits per heavy atom. The summed E-state index contributed by atoms with van der Waals surface area (Å²) >= 11 is 3.15. The highest BCUT2D eigenvalue weighted by atomic mass is 79.9. The van der Waals surface area contributed by atoms with Crippen LogP contribution in [0.15, 0.2) is 29.8 Å². The van der Waals surface area contributed by atoms with Gasteiger partial charge in [0.05, 0.1) is 0 Å². The van der Waals surface area contributed by atoms with Crippen LogP contribution in [0.1, 0.15) is 11.1 Å². The van der Waals surface area contributed by atoms with E-state index in [0.29, 0.717) is 10.9 Å². The monoisotopic (exact) mass is 254 g/mol. The fraction of sp³-hybridized carbons (Fsp3) is 0.182. The van der Waals surface area contributed by atoms with E-state index in [-0.39, 0.29) is 0 Å². The van der Waals surface area contributed by atoms with Crippen molar-refractivity contribution < 1.29 is 9.90 Å². The van der Waals surface area contributed by atoms with Crippen molar-refractivity contribution in [1.82, 2.24) is 0 Å². The minimum Gasteiger partial charge on any atom is -0.478 e. The Hall–Kier alpha value is -1.09. The molecular formula is C11H11BrO2. The van der Waals surface area contributed by atoms with Crippen molar-refractivity contribution in [3.8, 4) is 0 Å². The maximum atomic E-state index is 10.7. The lowest BCUT2D eigenvalue weighted by atomic mass is 10.1. The summed E-state index contributed by atoms with van der Waals surface area (Å²) in [5.41, 5.74) is 2.39. The number of benzene rings is 1. The molecule has 0 fully saturated rings. The number of hydrogen-bond donors (Lipinski definition) is 1. The Morgan fingerprint density at radius 1 is 1.50 bits per heavy atom. The van der Waals surface area contributed by atoms with E-state index >= 15 is 0 Å². The highest BCUT2D eigenvalue weighted by Crippen LogP contribution is 2.13. The van der Waals surface area contributed by atoms with Gasteiger partial charge >= 0.3 is 5.97 Å². The lowest BCUT2D eigenvalue weighted by Crippen LogP contribution is -2.01. The molecule has 0 saturated heterocycles. The molecule has 1 aromatic carbocycles. The molecule has 1 aromatic rings. The number of alkyl halides is 1. The van der Waals surface area contributed by atoms with E-state index < -0.39 is 5.97 Å².